The minimum absolute atomic E-state index is 0.0947. The van der Waals surface area contributed by atoms with E-state index in [4.69, 9.17) is 18.5 Å². The first kappa shape index (κ1) is 58.9. The van der Waals surface area contributed by atoms with Crippen molar-refractivity contribution in [3.05, 3.63) is 97.2 Å². The zero-order valence-corrected chi connectivity index (χ0v) is 39.9. The number of aliphatic hydroxyl groups excluding tert-OH is 2. The van der Waals surface area contributed by atoms with E-state index >= 15 is 0 Å². The maximum atomic E-state index is 12.7. The van der Waals surface area contributed by atoms with E-state index < -0.39 is 44.7 Å². The highest BCUT2D eigenvalue weighted by molar-refractivity contribution is 7.45. The molecule has 2 N–H and O–H groups in total. The smallest absolute Gasteiger partial charge is 0.306 e. The van der Waals surface area contributed by atoms with Crippen LogP contribution in [-0.4, -0.2) is 92.5 Å². The first-order valence-electron chi connectivity index (χ1n) is 23.1. The maximum absolute atomic E-state index is 12.7. The topological polar surface area (TPSA) is 152 Å². The van der Waals surface area contributed by atoms with Crippen LogP contribution in [0.1, 0.15) is 142 Å². The number of allylic oxidation sites excluding steroid dienone is 15. The fraction of sp³-hybridized carbons (Fsp3) is 0.640. The summed E-state index contributed by atoms with van der Waals surface area (Å²) in [7, 11) is 0.950. The van der Waals surface area contributed by atoms with Crippen molar-refractivity contribution in [1.29, 1.82) is 0 Å². The van der Waals surface area contributed by atoms with Gasteiger partial charge in [-0.25, -0.2) is 0 Å². The maximum Gasteiger partial charge on any atom is 0.306 e. The third-order valence-corrected chi connectivity index (χ3v) is 10.3. The molecular weight excluding hydrogens is 806 g/mol. The van der Waals surface area contributed by atoms with Gasteiger partial charge in [-0.3, -0.25) is 14.2 Å². The van der Waals surface area contributed by atoms with Gasteiger partial charge in [-0.05, 0) is 96.3 Å². The number of carbonyl (C=O) groups is 2. The van der Waals surface area contributed by atoms with Crippen LogP contribution in [0.15, 0.2) is 97.2 Å². The Morgan fingerprint density at radius 2 is 1.10 bits per heavy atom. The zero-order valence-electron chi connectivity index (χ0n) is 39.0. The molecule has 4 atom stereocenters. The fourth-order valence-corrected chi connectivity index (χ4v) is 6.28. The van der Waals surface area contributed by atoms with Gasteiger partial charge in [0.25, 0.3) is 7.82 Å². The van der Waals surface area contributed by atoms with E-state index in [0.29, 0.717) is 17.4 Å². The van der Waals surface area contributed by atoms with Crippen LogP contribution in [0.25, 0.3) is 0 Å². The second-order valence-electron chi connectivity index (χ2n) is 16.3. The number of nitrogens with zero attached hydrogens (tertiary/aromatic N) is 1. The van der Waals surface area contributed by atoms with Gasteiger partial charge in [-0.15, -0.1) is 0 Å². The fourth-order valence-electron chi connectivity index (χ4n) is 5.55. The molecule has 11 nitrogen and oxygen atoms in total. The van der Waals surface area contributed by atoms with Gasteiger partial charge in [0.15, 0.2) is 6.10 Å². The van der Waals surface area contributed by atoms with Crippen LogP contribution in [0.4, 0.5) is 0 Å². The van der Waals surface area contributed by atoms with Crippen molar-refractivity contribution in [2.45, 2.75) is 161 Å². The quantitative estimate of drug-likeness (QED) is 0.0200. The molecule has 0 aliphatic heterocycles. The molecule has 0 rings (SSSR count). The van der Waals surface area contributed by atoms with Gasteiger partial charge in [0.2, 0.25) is 0 Å². The Labute approximate surface area is 376 Å². The van der Waals surface area contributed by atoms with E-state index in [0.717, 1.165) is 64.2 Å². The SMILES string of the molecule is CC/C=C\C/C=C\C/C=C\C/C=C\C[C@@H](O)[C@H](O)CCCC(=O)O[C@H](COC(=O)CCCCC/C=C\C/C=C\C/C=C\C/C=C\CCCCC)COP(=O)([O-])OCC[N+](C)(C)C. The Kier molecular flexibility index (Phi) is 38.5. The minimum Gasteiger partial charge on any atom is -0.756 e. The lowest BCUT2D eigenvalue weighted by molar-refractivity contribution is -0.870. The van der Waals surface area contributed by atoms with Crippen LogP contribution in [-0.2, 0) is 32.7 Å². The highest BCUT2D eigenvalue weighted by Crippen LogP contribution is 2.38. The summed E-state index contributed by atoms with van der Waals surface area (Å²) in [5.41, 5.74) is 0. The van der Waals surface area contributed by atoms with Crippen molar-refractivity contribution < 1.29 is 52.3 Å². The Bertz CT molecular complexity index is 1410. The summed E-state index contributed by atoms with van der Waals surface area (Å²) in [5, 5.41) is 20.8. The summed E-state index contributed by atoms with van der Waals surface area (Å²) in [6.07, 6.45) is 46.1. The Morgan fingerprint density at radius 1 is 0.597 bits per heavy atom. The van der Waals surface area contributed by atoms with Gasteiger partial charge in [0, 0.05) is 12.8 Å². The molecule has 0 aliphatic rings. The van der Waals surface area contributed by atoms with Crippen LogP contribution in [0.3, 0.4) is 0 Å². The molecular formula is C50H84NO10P. The predicted molar refractivity (Wildman–Crippen MR) is 252 cm³/mol. The van der Waals surface area contributed by atoms with Crippen LogP contribution in [0.2, 0.25) is 0 Å². The van der Waals surface area contributed by atoms with Crippen molar-refractivity contribution >= 4 is 19.8 Å². The summed E-state index contributed by atoms with van der Waals surface area (Å²) in [6.45, 7) is 3.68. The van der Waals surface area contributed by atoms with E-state index in [-0.39, 0.29) is 45.3 Å². The summed E-state index contributed by atoms with van der Waals surface area (Å²) in [5.74, 6) is -1.17. The first-order chi connectivity index (χ1) is 29.8. The second kappa shape index (κ2) is 40.6. The number of carbonyl (C=O) groups excluding carboxylic acids is 2. The third-order valence-electron chi connectivity index (χ3n) is 9.29. The Hall–Kier alpha value is -3.15. The number of esters is 2. The summed E-state index contributed by atoms with van der Waals surface area (Å²) in [6, 6.07) is 0. The molecule has 0 aromatic carbocycles. The summed E-state index contributed by atoms with van der Waals surface area (Å²) in [4.78, 5) is 37.7. The highest BCUT2D eigenvalue weighted by Gasteiger charge is 2.22. The van der Waals surface area contributed by atoms with E-state index in [1.165, 1.54) is 25.7 Å². The Balaban J connectivity index is 4.65. The molecule has 0 saturated heterocycles. The van der Waals surface area contributed by atoms with Crippen molar-refractivity contribution in [3.8, 4) is 0 Å². The molecule has 0 aliphatic carbocycles. The van der Waals surface area contributed by atoms with E-state index in [1.54, 1.807) is 0 Å². The molecule has 0 amide bonds. The molecule has 0 saturated carbocycles. The van der Waals surface area contributed by atoms with Gasteiger partial charge < -0.3 is 38.1 Å². The molecule has 0 spiro atoms. The van der Waals surface area contributed by atoms with Gasteiger partial charge in [0.1, 0.15) is 19.8 Å². The first-order valence-corrected chi connectivity index (χ1v) is 24.6. The molecule has 0 fully saturated rings. The zero-order chi connectivity index (χ0) is 46.0. The summed E-state index contributed by atoms with van der Waals surface area (Å²) >= 11 is 0. The molecule has 62 heavy (non-hydrogen) atoms. The number of aliphatic hydroxyl groups is 2. The van der Waals surface area contributed by atoms with E-state index in [1.807, 2.05) is 39.4 Å². The number of likely N-dealkylation sites (N-methyl/N-ethyl adjacent to an activating group) is 1. The minimum atomic E-state index is -4.72. The molecule has 1 unspecified atom stereocenters. The number of phosphoric ester groups is 1. The average Bonchev–Trinajstić information content (AvgIpc) is 3.22. The van der Waals surface area contributed by atoms with Gasteiger partial charge >= 0.3 is 11.9 Å². The lowest BCUT2D eigenvalue weighted by Crippen LogP contribution is -2.37. The third kappa shape index (κ3) is 42.2. The molecule has 354 valence electrons. The standard InChI is InChI=1S/C50H84NO10P/c1-6-8-10-12-14-16-18-20-21-22-23-24-25-26-28-30-32-34-36-40-49(54)58-44-46(45-60-62(56,57)59-43-42-51(3,4)5)61-50(55)41-37-39-48(53)47(52)38-35-33-31-29-27-19-17-15-13-11-9-7-2/h9,11,14-17,20-21,23-24,26-29,33,35,46-48,52-53H,6-8,10,12-13,18-19,22,25,30-32,34,36-45H2,1-5H3/b11-9-,16-14-,17-15-,21-20-,24-23-,28-26-,29-27-,35-33-/t46-,47-,48-/m1/s1. The number of unbranched alkanes of at least 4 members (excludes halogenated alkanes) is 6. The molecule has 0 bridgehead atoms. The van der Waals surface area contributed by atoms with Crippen molar-refractivity contribution in [1.82, 2.24) is 0 Å². The molecule has 0 aromatic heterocycles. The monoisotopic (exact) mass is 890 g/mol. The van der Waals surface area contributed by atoms with Crippen molar-refractivity contribution in [2.24, 2.45) is 0 Å². The molecule has 12 heteroatoms. The number of quaternary nitrogens is 1. The average molecular weight is 890 g/mol. The van der Waals surface area contributed by atoms with Crippen LogP contribution >= 0.6 is 7.82 Å². The highest BCUT2D eigenvalue weighted by atomic mass is 31.2. The van der Waals surface area contributed by atoms with Crippen LogP contribution in [0, 0.1) is 0 Å². The summed E-state index contributed by atoms with van der Waals surface area (Å²) < 4.78 is 33.7. The van der Waals surface area contributed by atoms with Gasteiger partial charge in [-0.2, -0.15) is 0 Å². The second-order valence-corrected chi connectivity index (χ2v) is 17.7. The number of phosphoric acid groups is 1. The lowest BCUT2D eigenvalue weighted by Gasteiger charge is -2.28. The molecule has 0 aromatic rings. The number of hydrogen-bond donors (Lipinski definition) is 2. The largest absolute Gasteiger partial charge is 0.756 e. The normalized spacial score (nSPS) is 15.4. The lowest BCUT2D eigenvalue weighted by atomic mass is 10.0. The van der Waals surface area contributed by atoms with Crippen molar-refractivity contribution in [3.63, 3.8) is 0 Å². The van der Waals surface area contributed by atoms with Crippen molar-refractivity contribution in [2.75, 3.05) is 47.5 Å². The van der Waals surface area contributed by atoms with Crippen LogP contribution in [0.5, 0.6) is 0 Å². The number of rotatable bonds is 40. The number of ether oxygens (including phenoxy) is 2. The van der Waals surface area contributed by atoms with E-state index in [9.17, 15) is 29.3 Å². The van der Waals surface area contributed by atoms with E-state index in [2.05, 4.69) is 92.8 Å². The Morgan fingerprint density at radius 3 is 1.63 bits per heavy atom. The predicted octanol–water partition coefficient (Wildman–Crippen LogP) is 10.7. The molecule has 0 heterocycles. The van der Waals surface area contributed by atoms with Crippen LogP contribution < -0.4 is 4.89 Å². The molecule has 0 radical (unpaired) electrons. The van der Waals surface area contributed by atoms with Gasteiger partial charge in [0.05, 0.1) is 40.0 Å². The number of hydrogen-bond acceptors (Lipinski definition) is 10. The van der Waals surface area contributed by atoms with Gasteiger partial charge in [-0.1, -0.05) is 130 Å².